The number of allylic oxidation sites excluding steroid dienone is 5. The smallest absolute Gasteiger partial charge is 0.220 e. The Morgan fingerprint density at radius 2 is 0.919 bits per heavy atom. The summed E-state index contributed by atoms with van der Waals surface area (Å²) >= 11 is 0. The summed E-state index contributed by atoms with van der Waals surface area (Å²) in [5.74, 6) is -0.196. The molecule has 1 saturated heterocycles. The van der Waals surface area contributed by atoms with Crippen LogP contribution in [0.1, 0.15) is 239 Å². The second kappa shape index (κ2) is 43.3. The van der Waals surface area contributed by atoms with Gasteiger partial charge in [-0.25, -0.2) is 0 Å². The van der Waals surface area contributed by atoms with E-state index >= 15 is 0 Å². The van der Waals surface area contributed by atoms with Gasteiger partial charge >= 0.3 is 0 Å². The van der Waals surface area contributed by atoms with E-state index in [1.807, 2.05) is 6.08 Å². The van der Waals surface area contributed by atoms with Gasteiger partial charge in [-0.2, -0.15) is 0 Å². The molecule has 1 rings (SSSR count). The molecule has 0 bridgehead atoms. The molecule has 0 aromatic carbocycles. The highest BCUT2D eigenvalue weighted by Gasteiger charge is 2.44. The molecule has 0 aliphatic carbocycles. The Bertz CT molecular complexity index is 1070. The van der Waals surface area contributed by atoms with Gasteiger partial charge < -0.3 is 40.3 Å². The minimum atomic E-state index is -1.57. The fourth-order valence-electron chi connectivity index (χ4n) is 8.25. The molecule has 0 spiro atoms. The summed E-state index contributed by atoms with van der Waals surface area (Å²) in [6, 6.07) is -0.823. The van der Waals surface area contributed by atoms with Crippen LogP contribution in [0.25, 0.3) is 0 Å². The molecule has 9 heteroatoms. The van der Waals surface area contributed by atoms with Crippen LogP contribution in [0.5, 0.6) is 0 Å². The number of rotatable bonds is 44. The van der Waals surface area contributed by atoms with E-state index in [1.54, 1.807) is 6.08 Å². The first-order valence-electron chi connectivity index (χ1n) is 26.2. The number of amides is 1. The topological polar surface area (TPSA) is 149 Å². The quantitative estimate of drug-likeness (QED) is 0.0262. The van der Waals surface area contributed by atoms with E-state index in [0.717, 1.165) is 44.9 Å². The summed E-state index contributed by atoms with van der Waals surface area (Å²) < 4.78 is 11.2. The Morgan fingerprint density at radius 1 is 0.532 bits per heavy atom. The Hall–Kier alpha value is -1.59. The lowest BCUT2D eigenvalue weighted by Crippen LogP contribution is -2.60. The van der Waals surface area contributed by atoms with Gasteiger partial charge in [0.1, 0.15) is 24.4 Å². The van der Waals surface area contributed by atoms with Gasteiger partial charge in [-0.3, -0.25) is 4.79 Å². The lowest BCUT2D eigenvalue weighted by molar-refractivity contribution is -0.302. The standard InChI is InChI=1S/C53H99NO8/c1-3-5-7-9-11-13-14-15-16-17-18-19-20-21-22-23-24-25-26-27-28-29-30-31-32-33-34-35-36-38-40-42-47(56)46(54-49(57)43-41-39-37-12-10-8-6-4-2)45-61-53-52(60)51(59)50(58)48(44-55)62-53/h30-31,34-35,40,42,46-48,50-53,55-56,58-60H,3-29,32-33,36-39,41,43-45H2,1-2H3,(H,54,57)/b31-30+,35-34+,42-40+. The maximum atomic E-state index is 12.9. The van der Waals surface area contributed by atoms with Crippen molar-refractivity contribution in [1.29, 1.82) is 0 Å². The number of hydrogen-bond donors (Lipinski definition) is 6. The van der Waals surface area contributed by atoms with Gasteiger partial charge in [0.25, 0.3) is 0 Å². The van der Waals surface area contributed by atoms with Crippen molar-refractivity contribution >= 4 is 5.91 Å². The molecule has 1 amide bonds. The average molecular weight is 878 g/mol. The largest absolute Gasteiger partial charge is 0.394 e. The summed E-state index contributed by atoms with van der Waals surface area (Å²) in [7, 11) is 0. The van der Waals surface area contributed by atoms with Crippen LogP contribution >= 0.6 is 0 Å². The van der Waals surface area contributed by atoms with E-state index in [9.17, 15) is 30.3 Å². The highest BCUT2D eigenvalue weighted by atomic mass is 16.7. The van der Waals surface area contributed by atoms with Crippen molar-refractivity contribution in [2.24, 2.45) is 0 Å². The maximum absolute atomic E-state index is 12.9. The Labute approximate surface area is 381 Å². The lowest BCUT2D eigenvalue weighted by Gasteiger charge is -2.40. The van der Waals surface area contributed by atoms with Crippen molar-refractivity contribution in [2.45, 2.75) is 281 Å². The van der Waals surface area contributed by atoms with Gasteiger partial charge in [0.2, 0.25) is 5.91 Å². The van der Waals surface area contributed by atoms with Crippen molar-refractivity contribution in [3.05, 3.63) is 36.5 Å². The van der Waals surface area contributed by atoms with Crippen LogP contribution in [0.3, 0.4) is 0 Å². The van der Waals surface area contributed by atoms with E-state index in [0.29, 0.717) is 6.42 Å². The number of aliphatic hydroxyl groups excluding tert-OH is 5. The molecule has 0 saturated carbocycles. The third kappa shape index (κ3) is 33.0. The Balaban J connectivity index is 2.17. The molecular formula is C53H99NO8. The first-order chi connectivity index (χ1) is 30.3. The van der Waals surface area contributed by atoms with Gasteiger partial charge in [0, 0.05) is 6.42 Å². The second-order valence-corrected chi connectivity index (χ2v) is 18.3. The molecule has 0 aromatic heterocycles. The van der Waals surface area contributed by atoms with Crippen molar-refractivity contribution in [1.82, 2.24) is 5.32 Å². The molecule has 6 N–H and O–H groups in total. The first kappa shape index (κ1) is 58.4. The zero-order chi connectivity index (χ0) is 45.1. The third-order valence-corrected chi connectivity index (χ3v) is 12.4. The first-order valence-corrected chi connectivity index (χ1v) is 26.2. The Morgan fingerprint density at radius 3 is 1.35 bits per heavy atom. The number of hydrogen-bond acceptors (Lipinski definition) is 8. The SMILES string of the molecule is CCCCCCCCCCCCCCCCCCCCCCC/C=C/CC/C=C/CC/C=C/C(O)C(COC1OC(CO)C(O)C(O)C1O)NC(=O)CCCCCCCCCC. The van der Waals surface area contributed by atoms with E-state index in [1.165, 1.54) is 173 Å². The molecule has 7 unspecified atom stereocenters. The average Bonchev–Trinajstić information content (AvgIpc) is 3.27. The van der Waals surface area contributed by atoms with Crippen LogP contribution < -0.4 is 5.32 Å². The zero-order valence-corrected chi connectivity index (χ0v) is 40.1. The molecule has 1 aliphatic heterocycles. The number of ether oxygens (including phenoxy) is 2. The van der Waals surface area contributed by atoms with E-state index in [2.05, 4.69) is 43.5 Å². The molecular weight excluding hydrogens is 779 g/mol. The predicted molar refractivity (Wildman–Crippen MR) is 258 cm³/mol. The minimum Gasteiger partial charge on any atom is -0.394 e. The monoisotopic (exact) mass is 878 g/mol. The van der Waals surface area contributed by atoms with E-state index in [-0.39, 0.29) is 12.5 Å². The number of carbonyl (C=O) groups is 1. The van der Waals surface area contributed by atoms with Crippen molar-refractivity contribution in [3.8, 4) is 0 Å². The van der Waals surface area contributed by atoms with Crippen molar-refractivity contribution in [2.75, 3.05) is 13.2 Å². The maximum Gasteiger partial charge on any atom is 0.220 e. The molecule has 0 radical (unpaired) electrons. The van der Waals surface area contributed by atoms with Crippen molar-refractivity contribution in [3.63, 3.8) is 0 Å². The van der Waals surface area contributed by atoms with Gasteiger partial charge in [0.05, 0.1) is 25.4 Å². The van der Waals surface area contributed by atoms with Gasteiger partial charge in [-0.05, 0) is 44.9 Å². The molecule has 364 valence electrons. The fourth-order valence-corrected chi connectivity index (χ4v) is 8.25. The van der Waals surface area contributed by atoms with Crippen LogP contribution in [-0.2, 0) is 14.3 Å². The second-order valence-electron chi connectivity index (χ2n) is 18.3. The van der Waals surface area contributed by atoms with Gasteiger partial charge in [-0.15, -0.1) is 0 Å². The predicted octanol–water partition coefficient (Wildman–Crippen LogP) is 12.0. The van der Waals surface area contributed by atoms with E-state index < -0.39 is 49.5 Å². The normalized spacial score (nSPS) is 20.5. The molecule has 62 heavy (non-hydrogen) atoms. The summed E-state index contributed by atoms with van der Waals surface area (Å²) in [5, 5.41) is 54.1. The number of carbonyl (C=O) groups excluding carboxylic acids is 1. The van der Waals surface area contributed by atoms with Gasteiger partial charge in [0.15, 0.2) is 6.29 Å². The number of unbranched alkanes of at least 4 members (excludes halogenated alkanes) is 30. The van der Waals surface area contributed by atoms with Crippen LogP contribution in [0, 0.1) is 0 Å². The number of aliphatic hydroxyl groups is 5. The zero-order valence-electron chi connectivity index (χ0n) is 40.1. The Kier molecular flexibility index (Phi) is 40.8. The summed E-state index contributed by atoms with van der Waals surface area (Å²) in [6.45, 7) is 3.72. The molecule has 7 atom stereocenters. The molecule has 0 aromatic rings. The van der Waals surface area contributed by atoms with E-state index in [4.69, 9.17) is 9.47 Å². The highest BCUT2D eigenvalue weighted by Crippen LogP contribution is 2.23. The van der Waals surface area contributed by atoms with Crippen LogP contribution in [0.15, 0.2) is 36.5 Å². The van der Waals surface area contributed by atoms with Crippen LogP contribution in [-0.4, -0.2) is 87.5 Å². The third-order valence-electron chi connectivity index (χ3n) is 12.4. The van der Waals surface area contributed by atoms with Crippen LogP contribution in [0.4, 0.5) is 0 Å². The summed E-state index contributed by atoms with van der Waals surface area (Å²) in [6.07, 6.45) is 48.2. The number of nitrogens with one attached hydrogen (secondary N) is 1. The fraction of sp³-hybridized carbons (Fsp3) is 0.868. The summed E-state index contributed by atoms with van der Waals surface area (Å²) in [5.41, 5.74) is 0. The van der Waals surface area contributed by atoms with Gasteiger partial charge in [-0.1, -0.05) is 224 Å². The highest BCUT2D eigenvalue weighted by molar-refractivity contribution is 5.76. The molecule has 1 aliphatic rings. The van der Waals surface area contributed by atoms with Crippen LogP contribution in [0.2, 0.25) is 0 Å². The molecule has 1 fully saturated rings. The summed E-state index contributed by atoms with van der Waals surface area (Å²) in [4.78, 5) is 12.9. The minimum absolute atomic E-state index is 0.196. The lowest BCUT2D eigenvalue weighted by atomic mass is 9.99. The van der Waals surface area contributed by atoms with Crippen molar-refractivity contribution < 1.29 is 39.8 Å². The molecule has 1 heterocycles. The molecule has 9 nitrogen and oxygen atoms in total.